The Morgan fingerprint density at radius 3 is 3.12 bits per heavy atom. The van der Waals surface area contributed by atoms with Gasteiger partial charge in [-0.3, -0.25) is 0 Å². The van der Waals surface area contributed by atoms with Gasteiger partial charge >= 0.3 is 0 Å². The molecule has 4 heteroatoms. The van der Waals surface area contributed by atoms with E-state index in [-0.39, 0.29) is 0 Å². The van der Waals surface area contributed by atoms with E-state index in [1.807, 2.05) is 12.1 Å². The lowest BCUT2D eigenvalue weighted by molar-refractivity contribution is 0.932. The van der Waals surface area contributed by atoms with Crippen molar-refractivity contribution >= 4 is 11.2 Å². The fourth-order valence-electron chi connectivity index (χ4n) is 1.45. The first-order valence-electron chi connectivity index (χ1n) is 4.86. The van der Waals surface area contributed by atoms with Crippen LogP contribution in [0.3, 0.4) is 0 Å². The van der Waals surface area contributed by atoms with Crippen LogP contribution in [0.15, 0.2) is 55.7 Å². The van der Waals surface area contributed by atoms with E-state index in [0.29, 0.717) is 0 Å². The van der Waals surface area contributed by atoms with Crippen LogP contribution in [0.1, 0.15) is 5.56 Å². The van der Waals surface area contributed by atoms with Gasteiger partial charge in [-0.2, -0.15) is 5.10 Å². The third kappa shape index (κ3) is 1.86. The Kier molecular flexibility index (Phi) is 2.82. The number of hydrogen-bond donors (Lipinski definition) is 1. The SMILES string of the molecule is C=C/C=C(\C=C/N)c1cnn2ccnc2c1. The molecule has 2 heterocycles. The Morgan fingerprint density at radius 2 is 2.38 bits per heavy atom. The molecule has 0 aliphatic heterocycles. The number of allylic oxidation sites excluding steroid dienone is 4. The zero-order valence-electron chi connectivity index (χ0n) is 8.74. The second-order valence-corrected chi connectivity index (χ2v) is 3.19. The van der Waals surface area contributed by atoms with Crippen LogP contribution in [0, 0.1) is 0 Å². The minimum absolute atomic E-state index is 0.804. The van der Waals surface area contributed by atoms with Crippen LogP contribution in [0.4, 0.5) is 0 Å². The molecule has 2 N–H and O–H groups in total. The summed E-state index contributed by atoms with van der Waals surface area (Å²) >= 11 is 0. The molecule has 0 amide bonds. The Bertz CT molecular complexity index is 563. The van der Waals surface area contributed by atoms with Gasteiger partial charge in [-0.05, 0) is 23.9 Å². The van der Waals surface area contributed by atoms with Crippen molar-refractivity contribution in [1.82, 2.24) is 14.6 Å². The molecule has 0 aliphatic rings. The highest BCUT2D eigenvalue weighted by Gasteiger charge is 2.00. The van der Waals surface area contributed by atoms with Gasteiger partial charge in [0, 0.05) is 18.0 Å². The second kappa shape index (κ2) is 4.44. The largest absolute Gasteiger partial charge is 0.405 e. The van der Waals surface area contributed by atoms with Gasteiger partial charge < -0.3 is 5.73 Å². The van der Waals surface area contributed by atoms with Crippen molar-refractivity contribution in [2.45, 2.75) is 0 Å². The summed E-state index contributed by atoms with van der Waals surface area (Å²) in [6.45, 7) is 3.67. The average Bonchev–Trinajstić information content (AvgIpc) is 2.75. The summed E-state index contributed by atoms with van der Waals surface area (Å²) in [7, 11) is 0. The number of nitrogens with zero attached hydrogens (tertiary/aromatic N) is 3. The predicted octanol–water partition coefficient (Wildman–Crippen LogP) is 1.77. The van der Waals surface area contributed by atoms with Crippen molar-refractivity contribution in [3.05, 3.63) is 61.2 Å². The smallest absolute Gasteiger partial charge is 0.154 e. The van der Waals surface area contributed by atoms with Gasteiger partial charge in [-0.15, -0.1) is 0 Å². The summed E-state index contributed by atoms with van der Waals surface area (Å²) in [5.41, 5.74) is 8.11. The van der Waals surface area contributed by atoms with E-state index >= 15 is 0 Å². The molecule has 0 bridgehead atoms. The van der Waals surface area contributed by atoms with Crippen molar-refractivity contribution < 1.29 is 0 Å². The number of aromatic nitrogens is 3. The van der Waals surface area contributed by atoms with Crippen molar-refractivity contribution in [3.63, 3.8) is 0 Å². The topological polar surface area (TPSA) is 56.2 Å². The second-order valence-electron chi connectivity index (χ2n) is 3.19. The van der Waals surface area contributed by atoms with E-state index in [4.69, 9.17) is 5.73 Å². The zero-order chi connectivity index (χ0) is 11.4. The van der Waals surface area contributed by atoms with E-state index in [1.165, 1.54) is 6.20 Å². The van der Waals surface area contributed by atoms with E-state index in [1.54, 1.807) is 35.3 Å². The van der Waals surface area contributed by atoms with Crippen molar-refractivity contribution in [3.8, 4) is 0 Å². The monoisotopic (exact) mass is 212 g/mol. The quantitative estimate of drug-likeness (QED) is 0.789. The summed E-state index contributed by atoms with van der Waals surface area (Å²) in [4.78, 5) is 4.17. The molecule has 0 saturated heterocycles. The average molecular weight is 212 g/mol. The minimum atomic E-state index is 0.804. The molecule has 0 aromatic carbocycles. The first kappa shape index (κ1) is 10.2. The molecular formula is C12H12N4. The van der Waals surface area contributed by atoms with Crippen molar-refractivity contribution in [1.29, 1.82) is 0 Å². The lowest BCUT2D eigenvalue weighted by Gasteiger charge is -2.01. The highest BCUT2D eigenvalue weighted by molar-refractivity contribution is 5.76. The van der Waals surface area contributed by atoms with Gasteiger partial charge in [-0.25, -0.2) is 9.50 Å². The van der Waals surface area contributed by atoms with Gasteiger partial charge in [0.25, 0.3) is 0 Å². The van der Waals surface area contributed by atoms with Gasteiger partial charge in [0.15, 0.2) is 5.65 Å². The van der Waals surface area contributed by atoms with Crippen LogP contribution in [0.5, 0.6) is 0 Å². The molecule has 16 heavy (non-hydrogen) atoms. The summed E-state index contributed by atoms with van der Waals surface area (Å²) in [5, 5.41) is 4.23. The van der Waals surface area contributed by atoms with Crippen LogP contribution in [0.2, 0.25) is 0 Å². The molecule has 2 aromatic rings. The van der Waals surface area contributed by atoms with Gasteiger partial charge in [0.2, 0.25) is 0 Å². The minimum Gasteiger partial charge on any atom is -0.405 e. The molecule has 2 aromatic heterocycles. The fraction of sp³-hybridized carbons (Fsp3) is 0. The Labute approximate surface area is 93.4 Å². The third-order valence-corrected chi connectivity index (χ3v) is 2.16. The van der Waals surface area contributed by atoms with Crippen LogP contribution in [-0.4, -0.2) is 14.6 Å². The molecule has 0 atom stereocenters. The van der Waals surface area contributed by atoms with Gasteiger partial charge in [0.1, 0.15) is 0 Å². The molecule has 0 aliphatic carbocycles. The molecule has 80 valence electrons. The van der Waals surface area contributed by atoms with Crippen LogP contribution in [0.25, 0.3) is 11.2 Å². The Morgan fingerprint density at radius 1 is 1.50 bits per heavy atom. The highest BCUT2D eigenvalue weighted by Crippen LogP contribution is 2.15. The molecular weight excluding hydrogens is 200 g/mol. The molecule has 0 spiro atoms. The summed E-state index contributed by atoms with van der Waals surface area (Å²) in [6.07, 6.45) is 12.2. The van der Waals surface area contributed by atoms with Crippen LogP contribution >= 0.6 is 0 Å². The summed E-state index contributed by atoms with van der Waals surface area (Å²) in [5.74, 6) is 0. The zero-order valence-corrected chi connectivity index (χ0v) is 8.74. The Hall–Kier alpha value is -2.36. The Balaban J connectivity index is 2.51. The van der Waals surface area contributed by atoms with Crippen LogP contribution < -0.4 is 5.73 Å². The maximum absolute atomic E-state index is 5.39. The molecule has 0 fully saturated rings. The van der Waals surface area contributed by atoms with E-state index in [2.05, 4.69) is 16.7 Å². The standard InChI is InChI=1S/C12H12N4/c1-2-3-10(4-5-13)11-8-12-14-6-7-16(12)15-9-11/h2-9H,1,13H2/b5-4-,10-3+. The van der Waals surface area contributed by atoms with E-state index in [0.717, 1.165) is 16.8 Å². The first-order valence-corrected chi connectivity index (χ1v) is 4.86. The summed E-state index contributed by atoms with van der Waals surface area (Å²) in [6, 6.07) is 1.95. The fourth-order valence-corrected chi connectivity index (χ4v) is 1.45. The molecule has 0 radical (unpaired) electrons. The lowest BCUT2D eigenvalue weighted by atomic mass is 10.1. The van der Waals surface area contributed by atoms with Crippen molar-refractivity contribution in [2.24, 2.45) is 5.73 Å². The number of fused-ring (bicyclic) bond motifs is 1. The molecule has 0 saturated carbocycles. The van der Waals surface area contributed by atoms with Gasteiger partial charge in [0.05, 0.1) is 6.20 Å². The number of imidazole rings is 1. The van der Waals surface area contributed by atoms with E-state index < -0.39 is 0 Å². The maximum Gasteiger partial charge on any atom is 0.154 e. The maximum atomic E-state index is 5.39. The third-order valence-electron chi connectivity index (χ3n) is 2.16. The first-order chi connectivity index (χ1) is 7.85. The number of nitrogens with two attached hydrogens (primary N) is 1. The lowest BCUT2D eigenvalue weighted by Crippen LogP contribution is -1.92. The molecule has 2 rings (SSSR count). The summed E-state index contributed by atoms with van der Waals surface area (Å²) < 4.78 is 1.71. The number of rotatable bonds is 3. The molecule has 0 unspecified atom stereocenters. The number of hydrogen-bond acceptors (Lipinski definition) is 3. The van der Waals surface area contributed by atoms with Gasteiger partial charge in [-0.1, -0.05) is 18.7 Å². The predicted molar refractivity (Wildman–Crippen MR) is 64.5 cm³/mol. The highest BCUT2D eigenvalue weighted by atomic mass is 15.2. The van der Waals surface area contributed by atoms with Crippen LogP contribution in [-0.2, 0) is 0 Å². The van der Waals surface area contributed by atoms with Crippen molar-refractivity contribution in [2.75, 3.05) is 0 Å². The normalized spacial score (nSPS) is 12.4. The van der Waals surface area contributed by atoms with E-state index in [9.17, 15) is 0 Å². The molecule has 4 nitrogen and oxygen atoms in total.